The van der Waals surface area contributed by atoms with Crippen molar-refractivity contribution in [2.75, 3.05) is 0 Å². The zero-order valence-electron chi connectivity index (χ0n) is 10.8. The smallest absolute Gasteiger partial charge is 0.0716 e. The van der Waals surface area contributed by atoms with E-state index in [0.717, 1.165) is 5.92 Å². The highest BCUT2D eigenvalue weighted by Gasteiger charge is 2.11. The first-order valence-corrected chi connectivity index (χ1v) is 6.93. The molecule has 17 heavy (non-hydrogen) atoms. The average molecular weight is 229 g/mol. The van der Waals surface area contributed by atoms with Crippen molar-refractivity contribution in [3.05, 3.63) is 35.9 Å². The van der Waals surface area contributed by atoms with Crippen LogP contribution in [0.5, 0.6) is 0 Å². The molecule has 0 aliphatic heterocycles. The van der Waals surface area contributed by atoms with E-state index < -0.39 is 0 Å². The summed E-state index contributed by atoms with van der Waals surface area (Å²) in [7, 11) is 0. The van der Waals surface area contributed by atoms with E-state index in [0.29, 0.717) is 6.04 Å². The van der Waals surface area contributed by atoms with Crippen LogP contribution in [0.25, 0.3) is 0 Å². The molecule has 1 heteroatoms. The van der Waals surface area contributed by atoms with Gasteiger partial charge in [-0.05, 0) is 31.0 Å². The van der Waals surface area contributed by atoms with Gasteiger partial charge in [-0.25, -0.2) is 0 Å². The zero-order chi connectivity index (χ0) is 11.9. The van der Waals surface area contributed by atoms with Gasteiger partial charge in [0.2, 0.25) is 0 Å². The molecule has 1 atom stereocenters. The van der Waals surface area contributed by atoms with Gasteiger partial charge in [-0.2, -0.15) is 0 Å². The van der Waals surface area contributed by atoms with Crippen molar-refractivity contribution in [3.8, 4) is 0 Å². The first-order valence-electron chi connectivity index (χ1n) is 6.93. The maximum atomic E-state index is 4.66. The second kappa shape index (κ2) is 6.58. The normalized spacial score (nSPS) is 19.6. The third-order valence-electron chi connectivity index (χ3n) is 3.77. The van der Waals surface area contributed by atoms with Crippen LogP contribution in [0, 0.1) is 5.92 Å². The van der Waals surface area contributed by atoms with Crippen LogP contribution < -0.4 is 0 Å². The van der Waals surface area contributed by atoms with Gasteiger partial charge in [0, 0.05) is 0 Å². The maximum Gasteiger partial charge on any atom is 0.0716 e. The quantitative estimate of drug-likeness (QED) is 0.658. The molecule has 0 spiro atoms. The second-order valence-electron chi connectivity index (χ2n) is 5.16. The largest absolute Gasteiger partial charge is 0.290 e. The standard InChI is InChI=1S/C16H23N/c1-14(16-10-6-3-7-11-16)17-13-12-15-8-4-2-5-9-15/h3,6-7,10-11,13-15H,2,4-5,8-9,12H2,1H3/t14-/m0/s1. The molecule has 0 saturated heterocycles. The van der Waals surface area contributed by atoms with Crippen molar-refractivity contribution in [2.45, 2.75) is 51.5 Å². The summed E-state index contributed by atoms with van der Waals surface area (Å²) >= 11 is 0. The van der Waals surface area contributed by atoms with Gasteiger partial charge in [-0.15, -0.1) is 0 Å². The minimum absolute atomic E-state index is 0.305. The first kappa shape index (κ1) is 12.3. The van der Waals surface area contributed by atoms with E-state index in [1.54, 1.807) is 0 Å². The lowest BCUT2D eigenvalue weighted by Gasteiger charge is -2.19. The average Bonchev–Trinajstić information content (AvgIpc) is 2.41. The van der Waals surface area contributed by atoms with Crippen molar-refractivity contribution in [3.63, 3.8) is 0 Å². The summed E-state index contributed by atoms with van der Waals surface area (Å²) in [5, 5.41) is 0. The molecule has 0 N–H and O–H groups in total. The Hall–Kier alpha value is -1.11. The highest BCUT2D eigenvalue weighted by atomic mass is 14.8. The number of hydrogen-bond donors (Lipinski definition) is 0. The van der Waals surface area contributed by atoms with E-state index in [4.69, 9.17) is 0 Å². The monoisotopic (exact) mass is 229 g/mol. The molecule has 0 aromatic heterocycles. The van der Waals surface area contributed by atoms with Gasteiger partial charge in [0.1, 0.15) is 0 Å². The Morgan fingerprint density at radius 2 is 1.88 bits per heavy atom. The zero-order valence-corrected chi connectivity index (χ0v) is 10.8. The minimum Gasteiger partial charge on any atom is -0.290 e. The molecule has 0 bridgehead atoms. The van der Waals surface area contributed by atoms with Gasteiger partial charge >= 0.3 is 0 Å². The molecule has 0 unspecified atom stereocenters. The fourth-order valence-electron chi connectivity index (χ4n) is 2.61. The molecular weight excluding hydrogens is 206 g/mol. The molecule has 92 valence electrons. The molecule has 1 fully saturated rings. The highest BCUT2D eigenvalue weighted by Crippen LogP contribution is 2.25. The first-order chi connectivity index (χ1) is 8.36. The topological polar surface area (TPSA) is 12.4 Å². The summed E-state index contributed by atoms with van der Waals surface area (Å²) in [4.78, 5) is 4.66. The summed E-state index contributed by atoms with van der Waals surface area (Å²) < 4.78 is 0. The second-order valence-corrected chi connectivity index (χ2v) is 5.16. The summed E-state index contributed by atoms with van der Waals surface area (Å²) in [5.41, 5.74) is 1.31. The third kappa shape index (κ3) is 3.99. The molecule has 0 radical (unpaired) electrons. The van der Waals surface area contributed by atoms with Crippen molar-refractivity contribution < 1.29 is 0 Å². The van der Waals surface area contributed by atoms with Gasteiger partial charge in [-0.1, -0.05) is 62.4 Å². The van der Waals surface area contributed by atoms with Gasteiger partial charge in [0.25, 0.3) is 0 Å². The predicted octanol–water partition coefficient (Wildman–Crippen LogP) is 4.79. The van der Waals surface area contributed by atoms with Crippen molar-refractivity contribution in [2.24, 2.45) is 10.9 Å². The number of benzene rings is 1. The van der Waals surface area contributed by atoms with Gasteiger partial charge in [0.15, 0.2) is 0 Å². The van der Waals surface area contributed by atoms with E-state index in [1.165, 1.54) is 44.1 Å². The summed E-state index contributed by atoms with van der Waals surface area (Å²) in [6.45, 7) is 2.17. The molecule has 0 amide bonds. The van der Waals surface area contributed by atoms with Crippen LogP contribution in [0.1, 0.15) is 57.1 Å². The van der Waals surface area contributed by atoms with Crippen LogP contribution in [0.2, 0.25) is 0 Å². The molecule has 2 rings (SSSR count). The number of nitrogens with zero attached hydrogens (tertiary/aromatic N) is 1. The van der Waals surface area contributed by atoms with E-state index in [2.05, 4.69) is 48.5 Å². The Labute approximate surface area is 105 Å². The van der Waals surface area contributed by atoms with Crippen LogP contribution in [0.3, 0.4) is 0 Å². The molecular formula is C16H23N. The van der Waals surface area contributed by atoms with Crippen LogP contribution in [0.4, 0.5) is 0 Å². The molecule has 0 heterocycles. The Morgan fingerprint density at radius 3 is 2.59 bits per heavy atom. The Morgan fingerprint density at radius 1 is 1.18 bits per heavy atom. The van der Waals surface area contributed by atoms with Crippen molar-refractivity contribution in [1.29, 1.82) is 0 Å². The van der Waals surface area contributed by atoms with Crippen LogP contribution in [0.15, 0.2) is 35.3 Å². The van der Waals surface area contributed by atoms with Crippen molar-refractivity contribution in [1.82, 2.24) is 0 Å². The SMILES string of the molecule is C[C@H](N=CCC1CCCCC1)c1ccccc1. The van der Waals surface area contributed by atoms with Gasteiger partial charge in [0.05, 0.1) is 6.04 Å². The van der Waals surface area contributed by atoms with E-state index >= 15 is 0 Å². The lowest BCUT2D eigenvalue weighted by atomic mass is 9.87. The lowest BCUT2D eigenvalue weighted by molar-refractivity contribution is 0.369. The molecule has 1 aromatic rings. The molecule has 1 nitrogen and oxygen atoms in total. The molecule has 1 aliphatic rings. The molecule has 1 saturated carbocycles. The number of aliphatic imine (C=N–C) groups is 1. The van der Waals surface area contributed by atoms with E-state index in [-0.39, 0.29) is 0 Å². The lowest BCUT2D eigenvalue weighted by Crippen LogP contribution is -2.06. The number of rotatable bonds is 4. The van der Waals surface area contributed by atoms with E-state index in [1.807, 2.05) is 0 Å². The fourth-order valence-corrected chi connectivity index (χ4v) is 2.61. The fraction of sp³-hybridized carbons (Fsp3) is 0.562. The molecule has 1 aromatic carbocycles. The summed E-state index contributed by atoms with van der Waals surface area (Å²) in [5.74, 6) is 0.899. The Bertz CT molecular complexity index is 336. The number of hydrogen-bond acceptors (Lipinski definition) is 1. The minimum atomic E-state index is 0.305. The maximum absolute atomic E-state index is 4.66. The van der Waals surface area contributed by atoms with Crippen LogP contribution in [-0.4, -0.2) is 6.21 Å². The summed E-state index contributed by atoms with van der Waals surface area (Å²) in [6, 6.07) is 10.8. The highest BCUT2D eigenvalue weighted by molar-refractivity contribution is 5.58. The van der Waals surface area contributed by atoms with Gasteiger partial charge in [-0.3, -0.25) is 4.99 Å². The molecule has 1 aliphatic carbocycles. The van der Waals surface area contributed by atoms with Crippen molar-refractivity contribution >= 4 is 6.21 Å². The Balaban J connectivity index is 1.80. The van der Waals surface area contributed by atoms with Gasteiger partial charge < -0.3 is 0 Å². The Kier molecular flexibility index (Phi) is 4.78. The summed E-state index contributed by atoms with van der Waals surface area (Å²) in [6.07, 6.45) is 10.4. The van der Waals surface area contributed by atoms with Crippen LogP contribution in [-0.2, 0) is 0 Å². The van der Waals surface area contributed by atoms with E-state index in [9.17, 15) is 0 Å². The predicted molar refractivity (Wildman–Crippen MR) is 74.5 cm³/mol. The third-order valence-corrected chi connectivity index (χ3v) is 3.77. The van der Waals surface area contributed by atoms with Crippen LogP contribution >= 0.6 is 0 Å².